The number of hydrogen-bond acceptors (Lipinski definition) is 4. The molecule has 1 aromatic carbocycles. The maximum Gasteiger partial charge on any atom is 0.237 e. The van der Waals surface area contributed by atoms with Crippen LogP contribution in [0.5, 0.6) is 11.5 Å². The fraction of sp³-hybridized carbons (Fsp3) is 0.533. The van der Waals surface area contributed by atoms with E-state index in [9.17, 15) is 9.90 Å². The van der Waals surface area contributed by atoms with Crippen molar-refractivity contribution in [3.63, 3.8) is 0 Å². The number of phenols is 1. The summed E-state index contributed by atoms with van der Waals surface area (Å²) in [5.41, 5.74) is 1.04. The monoisotopic (exact) mass is 278 g/mol. The highest BCUT2D eigenvalue weighted by molar-refractivity contribution is 5.81. The van der Waals surface area contributed by atoms with E-state index in [-0.39, 0.29) is 17.7 Å². The van der Waals surface area contributed by atoms with Crippen molar-refractivity contribution in [1.82, 2.24) is 10.2 Å². The number of methoxy groups -OCH3 is 1. The molecule has 1 atom stereocenters. The van der Waals surface area contributed by atoms with Crippen molar-refractivity contribution >= 4 is 5.91 Å². The van der Waals surface area contributed by atoms with E-state index in [1.807, 2.05) is 12.1 Å². The van der Waals surface area contributed by atoms with Gasteiger partial charge in [-0.2, -0.15) is 0 Å². The topological polar surface area (TPSA) is 61.8 Å². The van der Waals surface area contributed by atoms with Gasteiger partial charge in [0, 0.05) is 13.6 Å². The average Bonchev–Trinajstić information content (AvgIpc) is 2.49. The SMILES string of the molecule is CNC(=O)C1CCCCN1Cc1ccc(O)c(OC)c1. The van der Waals surface area contributed by atoms with Crippen LogP contribution < -0.4 is 10.1 Å². The van der Waals surface area contributed by atoms with Gasteiger partial charge in [0.2, 0.25) is 5.91 Å². The first-order valence-electron chi connectivity index (χ1n) is 6.97. The Morgan fingerprint density at radius 1 is 1.50 bits per heavy atom. The number of benzene rings is 1. The summed E-state index contributed by atoms with van der Waals surface area (Å²) in [6.07, 6.45) is 3.10. The lowest BCUT2D eigenvalue weighted by molar-refractivity contribution is -0.127. The number of amides is 1. The molecular weight excluding hydrogens is 256 g/mol. The molecule has 1 fully saturated rings. The summed E-state index contributed by atoms with van der Waals surface area (Å²) in [7, 11) is 3.21. The molecule has 2 rings (SSSR count). The van der Waals surface area contributed by atoms with Gasteiger partial charge in [-0.15, -0.1) is 0 Å². The maximum absolute atomic E-state index is 11.9. The molecule has 1 amide bonds. The summed E-state index contributed by atoms with van der Waals surface area (Å²) >= 11 is 0. The van der Waals surface area contributed by atoms with Crippen LogP contribution in [0.1, 0.15) is 24.8 Å². The standard InChI is InChI=1S/C15H22N2O3/c1-16-15(19)12-5-3-4-8-17(12)10-11-6-7-13(18)14(9-11)20-2/h6-7,9,12,18H,3-5,8,10H2,1-2H3,(H,16,19). The third-order valence-electron chi connectivity index (χ3n) is 3.79. The molecule has 1 unspecified atom stereocenters. The van der Waals surface area contributed by atoms with Crippen LogP contribution in [0.3, 0.4) is 0 Å². The minimum atomic E-state index is -0.0615. The molecule has 1 aromatic rings. The zero-order valence-corrected chi connectivity index (χ0v) is 12.1. The fourth-order valence-corrected chi connectivity index (χ4v) is 2.70. The molecule has 0 spiro atoms. The van der Waals surface area contributed by atoms with E-state index in [2.05, 4.69) is 10.2 Å². The highest BCUT2D eigenvalue weighted by Crippen LogP contribution is 2.28. The van der Waals surface area contributed by atoms with Crippen molar-refractivity contribution in [3.05, 3.63) is 23.8 Å². The Balaban J connectivity index is 2.12. The number of ether oxygens (including phenoxy) is 1. The third kappa shape index (κ3) is 3.22. The molecule has 0 saturated carbocycles. The number of nitrogens with zero attached hydrogens (tertiary/aromatic N) is 1. The quantitative estimate of drug-likeness (QED) is 0.876. The Hall–Kier alpha value is -1.75. The summed E-state index contributed by atoms with van der Waals surface area (Å²) in [6.45, 7) is 1.61. The number of phenolic OH excluding ortho intramolecular Hbond substituents is 1. The molecule has 0 aliphatic carbocycles. The molecule has 1 heterocycles. The van der Waals surface area contributed by atoms with E-state index in [4.69, 9.17) is 4.74 Å². The van der Waals surface area contributed by atoms with Gasteiger partial charge >= 0.3 is 0 Å². The van der Waals surface area contributed by atoms with E-state index in [1.165, 1.54) is 7.11 Å². The van der Waals surface area contributed by atoms with Crippen LogP contribution in [-0.4, -0.2) is 42.7 Å². The summed E-state index contributed by atoms with van der Waals surface area (Å²) in [6, 6.07) is 5.26. The number of nitrogens with one attached hydrogen (secondary N) is 1. The number of carbonyl (C=O) groups excluding carboxylic acids is 1. The second kappa shape index (κ2) is 6.61. The van der Waals surface area contributed by atoms with Gasteiger partial charge in [-0.3, -0.25) is 9.69 Å². The van der Waals surface area contributed by atoms with Crippen LogP contribution >= 0.6 is 0 Å². The number of piperidine rings is 1. The highest BCUT2D eigenvalue weighted by Gasteiger charge is 2.27. The van der Waals surface area contributed by atoms with Crippen molar-refractivity contribution in [3.8, 4) is 11.5 Å². The molecule has 20 heavy (non-hydrogen) atoms. The highest BCUT2D eigenvalue weighted by atomic mass is 16.5. The molecule has 1 aliphatic rings. The normalized spacial score (nSPS) is 19.6. The van der Waals surface area contributed by atoms with Gasteiger partial charge < -0.3 is 15.2 Å². The summed E-state index contributed by atoms with van der Waals surface area (Å²) in [5, 5.41) is 12.4. The van der Waals surface area contributed by atoms with Gasteiger partial charge in [0.05, 0.1) is 13.2 Å². The Bertz CT molecular complexity index is 476. The van der Waals surface area contributed by atoms with Crippen LogP contribution in [0, 0.1) is 0 Å². The first-order valence-corrected chi connectivity index (χ1v) is 6.97. The minimum absolute atomic E-state index is 0.0615. The molecule has 1 saturated heterocycles. The van der Waals surface area contributed by atoms with Crippen molar-refractivity contribution in [2.75, 3.05) is 20.7 Å². The lowest BCUT2D eigenvalue weighted by Crippen LogP contribution is -2.48. The first kappa shape index (κ1) is 14.7. The Labute approximate surface area is 119 Å². The molecule has 1 aliphatic heterocycles. The summed E-state index contributed by atoms with van der Waals surface area (Å²) in [5.74, 6) is 0.684. The first-order chi connectivity index (χ1) is 9.65. The van der Waals surface area contributed by atoms with Crippen LogP contribution in [-0.2, 0) is 11.3 Å². The van der Waals surface area contributed by atoms with Gasteiger partial charge in [0.1, 0.15) is 0 Å². The van der Waals surface area contributed by atoms with Gasteiger partial charge in [-0.1, -0.05) is 12.5 Å². The van der Waals surface area contributed by atoms with Crippen molar-refractivity contribution in [2.24, 2.45) is 0 Å². The van der Waals surface area contributed by atoms with E-state index < -0.39 is 0 Å². The lowest BCUT2D eigenvalue weighted by atomic mass is 10.0. The average molecular weight is 278 g/mol. The van der Waals surface area contributed by atoms with Crippen LogP contribution in [0.15, 0.2) is 18.2 Å². The molecule has 0 aromatic heterocycles. The zero-order chi connectivity index (χ0) is 14.5. The molecule has 5 nitrogen and oxygen atoms in total. The van der Waals surface area contributed by atoms with Crippen molar-refractivity contribution in [1.29, 1.82) is 0 Å². The molecular formula is C15H22N2O3. The number of hydrogen-bond donors (Lipinski definition) is 2. The number of likely N-dealkylation sites (N-methyl/N-ethyl adjacent to an activating group) is 1. The third-order valence-corrected chi connectivity index (χ3v) is 3.79. The zero-order valence-electron chi connectivity index (χ0n) is 12.1. The number of rotatable bonds is 4. The van der Waals surface area contributed by atoms with Gasteiger partial charge in [0.25, 0.3) is 0 Å². The van der Waals surface area contributed by atoms with Crippen molar-refractivity contribution < 1.29 is 14.6 Å². The fourth-order valence-electron chi connectivity index (χ4n) is 2.70. The number of likely N-dealkylation sites (tertiary alicyclic amines) is 1. The second-order valence-corrected chi connectivity index (χ2v) is 5.10. The van der Waals surface area contributed by atoms with Crippen molar-refractivity contribution in [2.45, 2.75) is 31.8 Å². The van der Waals surface area contributed by atoms with Crippen LogP contribution in [0.25, 0.3) is 0 Å². The maximum atomic E-state index is 11.9. The molecule has 5 heteroatoms. The van der Waals surface area contributed by atoms with E-state index >= 15 is 0 Å². The molecule has 0 radical (unpaired) electrons. The predicted octanol–water partition coefficient (Wildman–Crippen LogP) is 1.50. The minimum Gasteiger partial charge on any atom is -0.504 e. The Morgan fingerprint density at radius 3 is 3.00 bits per heavy atom. The smallest absolute Gasteiger partial charge is 0.237 e. The number of carbonyl (C=O) groups is 1. The van der Waals surface area contributed by atoms with Gasteiger partial charge in [-0.05, 0) is 37.1 Å². The van der Waals surface area contributed by atoms with Gasteiger partial charge in [-0.25, -0.2) is 0 Å². The Morgan fingerprint density at radius 2 is 2.30 bits per heavy atom. The summed E-state index contributed by atoms with van der Waals surface area (Å²) in [4.78, 5) is 14.1. The van der Waals surface area contributed by atoms with E-state index in [0.29, 0.717) is 12.3 Å². The predicted molar refractivity (Wildman–Crippen MR) is 76.8 cm³/mol. The van der Waals surface area contributed by atoms with Crippen LogP contribution in [0.2, 0.25) is 0 Å². The molecule has 2 N–H and O–H groups in total. The number of aromatic hydroxyl groups is 1. The van der Waals surface area contributed by atoms with E-state index in [1.54, 1.807) is 13.1 Å². The second-order valence-electron chi connectivity index (χ2n) is 5.10. The lowest BCUT2D eigenvalue weighted by Gasteiger charge is -2.34. The molecule has 0 bridgehead atoms. The Kier molecular flexibility index (Phi) is 4.84. The van der Waals surface area contributed by atoms with Gasteiger partial charge in [0.15, 0.2) is 11.5 Å². The summed E-state index contributed by atoms with van der Waals surface area (Å²) < 4.78 is 5.12. The molecule has 110 valence electrons. The van der Waals surface area contributed by atoms with E-state index in [0.717, 1.165) is 31.4 Å². The largest absolute Gasteiger partial charge is 0.504 e. The van der Waals surface area contributed by atoms with Crippen LogP contribution in [0.4, 0.5) is 0 Å².